The SMILES string of the molecule is COCC(O)CCNCc1cncnc1. The van der Waals surface area contributed by atoms with Crippen LogP contribution in [0.5, 0.6) is 0 Å². The van der Waals surface area contributed by atoms with E-state index in [9.17, 15) is 5.11 Å². The van der Waals surface area contributed by atoms with Crippen molar-refractivity contribution in [2.45, 2.75) is 19.1 Å². The maximum absolute atomic E-state index is 9.36. The normalized spacial score (nSPS) is 12.7. The molecule has 0 saturated heterocycles. The summed E-state index contributed by atoms with van der Waals surface area (Å²) in [7, 11) is 1.58. The minimum Gasteiger partial charge on any atom is -0.391 e. The number of aliphatic hydroxyl groups excluding tert-OH is 1. The first kappa shape index (κ1) is 12.0. The van der Waals surface area contributed by atoms with E-state index >= 15 is 0 Å². The summed E-state index contributed by atoms with van der Waals surface area (Å²) in [4.78, 5) is 7.81. The fourth-order valence-electron chi connectivity index (χ4n) is 1.20. The Balaban J connectivity index is 2.07. The molecule has 1 aromatic rings. The molecular formula is C10H17N3O2. The lowest BCUT2D eigenvalue weighted by Crippen LogP contribution is -2.23. The Bertz CT molecular complexity index is 256. The van der Waals surface area contributed by atoms with Gasteiger partial charge in [-0.3, -0.25) is 0 Å². The second-order valence-electron chi connectivity index (χ2n) is 3.32. The summed E-state index contributed by atoms with van der Waals surface area (Å²) in [5.74, 6) is 0. The van der Waals surface area contributed by atoms with E-state index in [2.05, 4.69) is 15.3 Å². The van der Waals surface area contributed by atoms with Crippen LogP contribution in [0.25, 0.3) is 0 Å². The average Bonchev–Trinajstić information content (AvgIpc) is 2.26. The number of aliphatic hydroxyl groups is 1. The van der Waals surface area contributed by atoms with Gasteiger partial charge in [0, 0.05) is 31.6 Å². The molecule has 0 aromatic carbocycles. The molecule has 0 aliphatic heterocycles. The fraction of sp³-hybridized carbons (Fsp3) is 0.600. The highest BCUT2D eigenvalue weighted by Gasteiger charge is 2.01. The van der Waals surface area contributed by atoms with Gasteiger partial charge in [-0.2, -0.15) is 0 Å². The molecule has 1 heterocycles. The lowest BCUT2D eigenvalue weighted by molar-refractivity contribution is 0.0594. The van der Waals surface area contributed by atoms with Gasteiger partial charge < -0.3 is 15.2 Å². The second-order valence-corrected chi connectivity index (χ2v) is 3.32. The van der Waals surface area contributed by atoms with Crippen LogP contribution in [0.15, 0.2) is 18.7 Å². The van der Waals surface area contributed by atoms with Gasteiger partial charge in [-0.1, -0.05) is 0 Å². The Morgan fingerprint density at radius 1 is 1.47 bits per heavy atom. The summed E-state index contributed by atoms with van der Waals surface area (Å²) in [6.45, 7) is 1.86. The number of hydrogen-bond donors (Lipinski definition) is 2. The van der Waals surface area contributed by atoms with Crippen LogP contribution in [0.4, 0.5) is 0 Å². The zero-order valence-corrected chi connectivity index (χ0v) is 8.89. The molecule has 5 nitrogen and oxygen atoms in total. The average molecular weight is 211 g/mol. The van der Waals surface area contributed by atoms with Crippen molar-refractivity contribution in [2.75, 3.05) is 20.3 Å². The minimum absolute atomic E-state index is 0.385. The van der Waals surface area contributed by atoms with Gasteiger partial charge in [0.1, 0.15) is 6.33 Å². The molecule has 0 saturated carbocycles. The number of hydrogen-bond acceptors (Lipinski definition) is 5. The van der Waals surface area contributed by atoms with Crippen molar-refractivity contribution < 1.29 is 9.84 Å². The van der Waals surface area contributed by atoms with E-state index in [0.717, 1.165) is 18.7 Å². The molecule has 0 aliphatic carbocycles. The predicted molar refractivity (Wildman–Crippen MR) is 56.2 cm³/mol. The molecule has 1 unspecified atom stereocenters. The van der Waals surface area contributed by atoms with Gasteiger partial charge in [0.15, 0.2) is 0 Å². The molecule has 1 rings (SSSR count). The molecule has 0 aliphatic rings. The van der Waals surface area contributed by atoms with Gasteiger partial charge in [-0.15, -0.1) is 0 Å². The van der Waals surface area contributed by atoms with Crippen molar-refractivity contribution in [1.29, 1.82) is 0 Å². The number of nitrogens with one attached hydrogen (secondary N) is 1. The highest BCUT2D eigenvalue weighted by molar-refractivity contribution is 5.01. The van der Waals surface area contributed by atoms with E-state index in [1.165, 1.54) is 6.33 Å². The summed E-state index contributed by atoms with van der Waals surface area (Å²) in [5.41, 5.74) is 1.04. The van der Waals surface area contributed by atoms with E-state index in [1.54, 1.807) is 19.5 Å². The zero-order chi connectivity index (χ0) is 10.9. The summed E-state index contributed by atoms with van der Waals surface area (Å²) in [5, 5.41) is 12.6. The number of aromatic nitrogens is 2. The Hall–Kier alpha value is -1.04. The third-order valence-corrected chi connectivity index (χ3v) is 1.96. The lowest BCUT2D eigenvalue weighted by Gasteiger charge is -2.09. The first-order valence-electron chi connectivity index (χ1n) is 4.94. The first-order chi connectivity index (χ1) is 7.33. The van der Waals surface area contributed by atoms with Crippen LogP contribution >= 0.6 is 0 Å². The van der Waals surface area contributed by atoms with Gasteiger partial charge in [-0.05, 0) is 13.0 Å². The van der Waals surface area contributed by atoms with Crippen molar-refractivity contribution in [3.05, 3.63) is 24.3 Å². The molecule has 0 fully saturated rings. The molecule has 1 aromatic heterocycles. The van der Waals surface area contributed by atoms with E-state index in [-0.39, 0.29) is 0 Å². The largest absolute Gasteiger partial charge is 0.391 e. The Morgan fingerprint density at radius 3 is 2.87 bits per heavy atom. The number of methoxy groups -OCH3 is 1. The van der Waals surface area contributed by atoms with E-state index in [1.807, 2.05) is 0 Å². The molecule has 84 valence electrons. The van der Waals surface area contributed by atoms with Gasteiger partial charge in [0.05, 0.1) is 12.7 Å². The second kappa shape index (κ2) is 7.28. The Kier molecular flexibility index (Phi) is 5.84. The molecule has 5 heteroatoms. The fourth-order valence-corrected chi connectivity index (χ4v) is 1.20. The van der Waals surface area contributed by atoms with Crippen LogP contribution in [0, 0.1) is 0 Å². The van der Waals surface area contributed by atoms with E-state index < -0.39 is 6.10 Å². The predicted octanol–water partition coefficient (Wildman–Crippen LogP) is -0.0364. The van der Waals surface area contributed by atoms with Crippen LogP contribution in [-0.4, -0.2) is 41.4 Å². The molecule has 1 atom stereocenters. The van der Waals surface area contributed by atoms with Crippen LogP contribution in [0.3, 0.4) is 0 Å². The van der Waals surface area contributed by atoms with Crippen LogP contribution < -0.4 is 5.32 Å². The monoisotopic (exact) mass is 211 g/mol. The molecular weight excluding hydrogens is 194 g/mol. The van der Waals surface area contributed by atoms with Crippen molar-refractivity contribution >= 4 is 0 Å². The van der Waals surface area contributed by atoms with Crippen molar-refractivity contribution in [1.82, 2.24) is 15.3 Å². The van der Waals surface area contributed by atoms with Gasteiger partial charge in [0.25, 0.3) is 0 Å². The molecule has 0 bridgehead atoms. The number of rotatable bonds is 7. The standard InChI is InChI=1S/C10H17N3O2/c1-15-7-10(14)2-3-11-4-9-5-12-8-13-6-9/h5-6,8,10-11,14H,2-4,7H2,1H3. The van der Waals surface area contributed by atoms with E-state index in [0.29, 0.717) is 13.0 Å². The highest BCUT2D eigenvalue weighted by Crippen LogP contribution is 1.93. The van der Waals surface area contributed by atoms with Crippen molar-refractivity contribution in [2.24, 2.45) is 0 Å². The Labute approximate surface area is 89.5 Å². The third kappa shape index (κ3) is 5.41. The maximum atomic E-state index is 9.36. The lowest BCUT2D eigenvalue weighted by atomic mass is 10.2. The van der Waals surface area contributed by atoms with Crippen molar-refractivity contribution in [3.8, 4) is 0 Å². The summed E-state index contributed by atoms with van der Waals surface area (Å²) in [6, 6.07) is 0. The van der Waals surface area contributed by atoms with Gasteiger partial charge in [0.2, 0.25) is 0 Å². The topological polar surface area (TPSA) is 67.3 Å². The molecule has 2 N–H and O–H groups in total. The molecule has 15 heavy (non-hydrogen) atoms. The maximum Gasteiger partial charge on any atom is 0.115 e. The number of ether oxygens (including phenoxy) is 1. The molecule has 0 spiro atoms. The quantitative estimate of drug-likeness (QED) is 0.620. The van der Waals surface area contributed by atoms with Crippen molar-refractivity contribution in [3.63, 3.8) is 0 Å². The molecule has 0 radical (unpaired) electrons. The third-order valence-electron chi connectivity index (χ3n) is 1.96. The smallest absolute Gasteiger partial charge is 0.115 e. The van der Waals surface area contributed by atoms with E-state index in [4.69, 9.17) is 4.74 Å². The van der Waals surface area contributed by atoms with Crippen LogP contribution in [0.1, 0.15) is 12.0 Å². The van der Waals surface area contributed by atoms with Crippen LogP contribution in [0.2, 0.25) is 0 Å². The van der Waals surface area contributed by atoms with Gasteiger partial charge in [-0.25, -0.2) is 9.97 Å². The first-order valence-corrected chi connectivity index (χ1v) is 4.94. The molecule has 0 amide bonds. The van der Waals surface area contributed by atoms with Gasteiger partial charge >= 0.3 is 0 Å². The summed E-state index contributed by atoms with van der Waals surface area (Å²) >= 11 is 0. The number of nitrogens with zero attached hydrogens (tertiary/aromatic N) is 2. The van der Waals surface area contributed by atoms with Crippen LogP contribution in [-0.2, 0) is 11.3 Å². The minimum atomic E-state index is -0.394. The highest BCUT2D eigenvalue weighted by atomic mass is 16.5. The zero-order valence-electron chi connectivity index (χ0n) is 8.89. The summed E-state index contributed by atoms with van der Waals surface area (Å²) < 4.78 is 4.82. The Morgan fingerprint density at radius 2 is 2.20 bits per heavy atom. The summed E-state index contributed by atoms with van der Waals surface area (Å²) in [6.07, 6.45) is 5.33.